The summed E-state index contributed by atoms with van der Waals surface area (Å²) in [5, 5.41) is 3.72. The van der Waals surface area contributed by atoms with Crippen molar-refractivity contribution in [2.75, 3.05) is 5.32 Å². The Labute approximate surface area is 130 Å². The fraction of sp³-hybridized carbons (Fsp3) is 0.0625. The first-order valence-corrected chi connectivity index (χ1v) is 7.43. The summed E-state index contributed by atoms with van der Waals surface area (Å²) in [6.07, 6.45) is 0. The highest BCUT2D eigenvalue weighted by atomic mass is 32.1. The van der Waals surface area contributed by atoms with Gasteiger partial charge in [0.15, 0.2) is 0 Å². The van der Waals surface area contributed by atoms with Crippen LogP contribution in [0.25, 0.3) is 10.2 Å². The zero-order valence-electron chi connectivity index (χ0n) is 11.8. The lowest BCUT2D eigenvalue weighted by Gasteiger charge is -2.06. The molecule has 0 atom stereocenters. The number of fused-ring (bicyclic) bond motifs is 1. The molecule has 0 bridgehead atoms. The molecule has 3 rings (SSSR count). The van der Waals surface area contributed by atoms with Crippen LogP contribution in [0.3, 0.4) is 0 Å². The number of rotatable bonds is 3. The summed E-state index contributed by atoms with van der Waals surface area (Å²) in [6, 6.07) is 11.9. The van der Waals surface area contributed by atoms with Gasteiger partial charge < -0.3 is 11.1 Å². The van der Waals surface area contributed by atoms with Gasteiger partial charge in [0.2, 0.25) is 5.91 Å². The highest BCUT2D eigenvalue weighted by Gasteiger charge is 2.10. The van der Waals surface area contributed by atoms with E-state index in [9.17, 15) is 9.59 Å². The molecule has 0 saturated heterocycles. The van der Waals surface area contributed by atoms with Crippen molar-refractivity contribution in [3.05, 3.63) is 58.6 Å². The van der Waals surface area contributed by atoms with Crippen LogP contribution in [-0.2, 0) is 0 Å². The third-order valence-electron chi connectivity index (χ3n) is 3.16. The molecule has 6 heteroatoms. The SMILES string of the molecule is Cc1nc2ccc(C(=O)Nc3cccc(C(N)=O)c3)cc2s1. The Kier molecular flexibility index (Phi) is 3.60. The lowest BCUT2D eigenvalue weighted by Crippen LogP contribution is -2.14. The number of carbonyl (C=O) groups excluding carboxylic acids is 2. The van der Waals surface area contributed by atoms with Crippen LogP contribution in [0.4, 0.5) is 5.69 Å². The van der Waals surface area contributed by atoms with Gasteiger partial charge in [0.1, 0.15) is 0 Å². The summed E-state index contributed by atoms with van der Waals surface area (Å²) >= 11 is 1.54. The maximum absolute atomic E-state index is 12.3. The Balaban J connectivity index is 1.86. The molecule has 0 aliphatic heterocycles. The largest absolute Gasteiger partial charge is 0.366 e. The van der Waals surface area contributed by atoms with Crippen molar-refractivity contribution in [1.82, 2.24) is 4.98 Å². The van der Waals surface area contributed by atoms with E-state index in [0.29, 0.717) is 16.8 Å². The van der Waals surface area contributed by atoms with Gasteiger partial charge in [-0.1, -0.05) is 6.07 Å². The van der Waals surface area contributed by atoms with Crippen molar-refractivity contribution in [2.45, 2.75) is 6.92 Å². The van der Waals surface area contributed by atoms with E-state index in [0.717, 1.165) is 15.2 Å². The minimum atomic E-state index is -0.530. The third-order valence-corrected chi connectivity index (χ3v) is 4.10. The van der Waals surface area contributed by atoms with Crippen molar-refractivity contribution in [2.24, 2.45) is 5.73 Å². The Bertz CT molecular complexity index is 886. The first-order valence-electron chi connectivity index (χ1n) is 6.61. The fourth-order valence-corrected chi connectivity index (χ4v) is 3.00. The quantitative estimate of drug-likeness (QED) is 0.780. The molecule has 3 N–H and O–H groups in total. The van der Waals surface area contributed by atoms with Crippen LogP contribution in [0, 0.1) is 6.92 Å². The number of aromatic nitrogens is 1. The van der Waals surface area contributed by atoms with E-state index >= 15 is 0 Å². The molecule has 22 heavy (non-hydrogen) atoms. The van der Waals surface area contributed by atoms with E-state index in [-0.39, 0.29) is 5.91 Å². The predicted molar refractivity (Wildman–Crippen MR) is 87.3 cm³/mol. The van der Waals surface area contributed by atoms with Gasteiger partial charge in [-0.2, -0.15) is 0 Å². The van der Waals surface area contributed by atoms with E-state index in [1.165, 1.54) is 0 Å². The van der Waals surface area contributed by atoms with Gasteiger partial charge in [-0.25, -0.2) is 4.98 Å². The second-order valence-electron chi connectivity index (χ2n) is 4.81. The Morgan fingerprint density at radius 3 is 2.73 bits per heavy atom. The van der Waals surface area contributed by atoms with Crippen LogP contribution in [0.5, 0.6) is 0 Å². The zero-order chi connectivity index (χ0) is 15.7. The summed E-state index contributed by atoms with van der Waals surface area (Å²) in [7, 11) is 0. The minimum absolute atomic E-state index is 0.241. The molecule has 3 aromatic rings. The molecule has 0 aliphatic carbocycles. The molecule has 1 heterocycles. The van der Waals surface area contributed by atoms with Crippen molar-refractivity contribution in [3.8, 4) is 0 Å². The van der Waals surface area contributed by atoms with Gasteiger partial charge in [-0.05, 0) is 43.3 Å². The molecule has 0 fully saturated rings. The van der Waals surface area contributed by atoms with Crippen molar-refractivity contribution in [1.29, 1.82) is 0 Å². The number of nitrogens with one attached hydrogen (secondary N) is 1. The van der Waals surface area contributed by atoms with Crippen molar-refractivity contribution in [3.63, 3.8) is 0 Å². The van der Waals surface area contributed by atoms with Gasteiger partial charge in [-0.3, -0.25) is 9.59 Å². The number of hydrogen-bond acceptors (Lipinski definition) is 4. The number of benzene rings is 2. The summed E-state index contributed by atoms with van der Waals surface area (Å²) in [5.74, 6) is -0.771. The summed E-state index contributed by atoms with van der Waals surface area (Å²) in [6.45, 7) is 1.93. The van der Waals surface area contributed by atoms with Crippen LogP contribution in [-0.4, -0.2) is 16.8 Å². The van der Waals surface area contributed by atoms with E-state index < -0.39 is 5.91 Å². The van der Waals surface area contributed by atoms with Crippen molar-refractivity contribution >= 4 is 39.1 Å². The molecule has 0 radical (unpaired) electrons. The number of aryl methyl sites for hydroxylation is 1. The Hall–Kier alpha value is -2.73. The van der Waals surface area contributed by atoms with Gasteiger partial charge in [-0.15, -0.1) is 11.3 Å². The molecular formula is C16H13N3O2S. The maximum atomic E-state index is 12.3. The summed E-state index contributed by atoms with van der Waals surface area (Å²) in [4.78, 5) is 27.8. The maximum Gasteiger partial charge on any atom is 0.255 e. The second-order valence-corrected chi connectivity index (χ2v) is 6.05. The predicted octanol–water partition coefficient (Wildman–Crippen LogP) is 2.96. The lowest BCUT2D eigenvalue weighted by molar-refractivity contribution is 0.0996. The highest BCUT2D eigenvalue weighted by Crippen LogP contribution is 2.23. The normalized spacial score (nSPS) is 10.6. The molecular weight excluding hydrogens is 298 g/mol. The first kappa shape index (κ1) is 14.2. The molecule has 5 nitrogen and oxygen atoms in total. The van der Waals surface area contributed by atoms with E-state index in [2.05, 4.69) is 10.3 Å². The molecule has 0 unspecified atom stereocenters. The number of primary amides is 1. The molecule has 0 saturated carbocycles. The topological polar surface area (TPSA) is 85.1 Å². The average Bonchev–Trinajstić information content (AvgIpc) is 2.86. The number of amides is 2. The number of nitrogens with two attached hydrogens (primary N) is 1. The molecule has 2 amide bonds. The number of nitrogens with zero attached hydrogens (tertiary/aromatic N) is 1. The molecule has 1 aromatic heterocycles. The van der Waals surface area contributed by atoms with Gasteiger partial charge in [0.05, 0.1) is 15.2 Å². The molecule has 110 valence electrons. The number of anilines is 1. The van der Waals surface area contributed by atoms with E-state index in [1.807, 2.05) is 19.1 Å². The number of hydrogen-bond donors (Lipinski definition) is 2. The van der Waals surface area contributed by atoms with Crippen LogP contribution >= 0.6 is 11.3 Å². The van der Waals surface area contributed by atoms with Gasteiger partial charge >= 0.3 is 0 Å². The van der Waals surface area contributed by atoms with Crippen LogP contribution in [0.1, 0.15) is 25.7 Å². The fourth-order valence-electron chi connectivity index (χ4n) is 2.13. The summed E-state index contributed by atoms with van der Waals surface area (Å²) < 4.78 is 0.969. The number of thiazole rings is 1. The van der Waals surface area contributed by atoms with Crippen LogP contribution < -0.4 is 11.1 Å². The second kappa shape index (κ2) is 5.57. The van der Waals surface area contributed by atoms with E-state index in [1.54, 1.807) is 41.7 Å². The Morgan fingerprint density at radius 1 is 1.14 bits per heavy atom. The third kappa shape index (κ3) is 2.82. The molecule has 0 spiro atoms. The lowest BCUT2D eigenvalue weighted by atomic mass is 10.1. The molecule has 0 aliphatic rings. The van der Waals surface area contributed by atoms with Gasteiger partial charge in [0.25, 0.3) is 5.91 Å². The van der Waals surface area contributed by atoms with E-state index in [4.69, 9.17) is 5.73 Å². The molecule has 2 aromatic carbocycles. The highest BCUT2D eigenvalue weighted by molar-refractivity contribution is 7.18. The Morgan fingerprint density at radius 2 is 1.95 bits per heavy atom. The first-order chi connectivity index (χ1) is 10.5. The minimum Gasteiger partial charge on any atom is -0.366 e. The van der Waals surface area contributed by atoms with Crippen molar-refractivity contribution < 1.29 is 9.59 Å². The van der Waals surface area contributed by atoms with Gasteiger partial charge in [0, 0.05) is 16.8 Å². The average molecular weight is 311 g/mol. The standard InChI is InChI=1S/C16H13N3O2S/c1-9-18-13-6-5-11(8-14(13)22-9)16(21)19-12-4-2-3-10(7-12)15(17)20/h2-8H,1H3,(H2,17,20)(H,19,21). The summed E-state index contributed by atoms with van der Waals surface area (Å²) in [5.41, 5.74) is 7.54. The zero-order valence-corrected chi connectivity index (χ0v) is 12.6. The number of carbonyl (C=O) groups is 2. The van der Waals surface area contributed by atoms with Crippen LogP contribution in [0.15, 0.2) is 42.5 Å². The van der Waals surface area contributed by atoms with Crippen LogP contribution in [0.2, 0.25) is 0 Å². The smallest absolute Gasteiger partial charge is 0.255 e. The monoisotopic (exact) mass is 311 g/mol.